The number of unbranched alkanes of at least 4 members (excludes halogenated alkanes) is 8. The van der Waals surface area contributed by atoms with E-state index in [9.17, 15) is 4.57 Å². The van der Waals surface area contributed by atoms with Crippen molar-refractivity contribution in [2.75, 3.05) is 13.2 Å². The average Bonchev–Trinajstić information content (AvgIpc) is 2.67. The fourth-order valence-corrected chi connectivity index (χ4v) is 5.45. The zero-order valence-corrected chi connectivity index (χ0v) is 20.5. The maximum absolute atomic E-state index is 13.5. The minimum Gasteiger partial charge on any atom is -0.305 e. The molecule has 0 aromatic heterocycles. The lowest BCUT2D eigenvalue weighted by molar-refractivity contribution is 0.167. The Morgan fingerprint density at radius 2 is 1.41 bits per heavy atom. The Labute approximate surface area is 180 Å². The first-order chi connectivity index (χ1) is 13.8. The van der Waals surface area contributed by atoms with Crippen molar-refractivity contribution in [3.8, 4) is 0 Å². The molecule has 0 aliphatic carbocycles. The standard InChI is InChI=1S/C25H45O3P/c1-6-7-8-9-10-11-12-13-17-20-27-29(26,24-18-15-14-16-19-24)28-22-23(2)21-25(3,4)5/h14-16,18-19,23H,6-13,17,20-22H2,1-5H3. The fourth-order valence-electron chi connectivity index (χ4n) is 3.72. The molecule has 0 N–H and O–H groups in total. The molecule has 2 unspecified atom stereocenters. The van der Waals surface area contributed by atoms with Crippen LogP contribution >= 0.6 is 7.60 Å². The first kappa shape index (κ1) is 26.4. The zero-order chi connectivity index (χ0) is 21.6. The minimum atomic E-state index is -3.27. The van der Waals surface area contributed by atoms with Crippen LogP contribution in [0.1, 0.15) is 98.8 Å². The summed E-state index contributed by atoms with van der Waals surface area (Å²) in [5.41, 5.74) is 0.233. The van der Waals surface area contributed by atoms with Crippen LogP contribution in [0.15, 0.2) is 30.3 Å². The van der Waals surface area contributed by atoms with Crippen molar-refractivity contribution in [1.29, 1.82) is 0 Å². The second-order valence-corrected chi connectivity index (χ2v) is 11.7. The highest BCUT2D eigenvalue weighted by molar-refractivity contribution is 7.62. The van der Waals surface area contributed by atoms with Crippen LogP contribution in [-0.2, 0) is 13.6 Å². The van der Waals surface area contributed by atoms with Crippen LogP contribution in [0.25, 0.3) is 0 Å². The van der Waals surface area contributed by atoms with Crippen molar-refractivity contribution in [2.24, 2.45) is 11.3 Å². The summed E-state index contributed by atoms with van der Waals surface area (Å²) >= 11 is 0. The Morgan fingerprint density at radius 3 is 1.97 bits per heavy atom. The van der Waals surface area contributed by atoms with Gasteiger partial charge in [-0.2, -0.15) is 0 Å². The third kappa shape index (κ3) is 12.6. The van der Waals surface area contributed by atoms with E-state index in [0.29, 0.717) is 24.4 Å². The molecule has 3 nitrogen and oxygen atoms in total. The van der Waals surface area contributed by atoms with E-state index in [2.05, 4.69) is 34.6 Å². The Hall–Kier alpha value is -0.630. The Bertz CT molecular complexity index is 565. The Kier molecular flexibility index (Phi) is 13.1. The van der Waals surface area contributed by atoms with Crippen molar-refractivity contribution in [3.63, 3.8) is 0 Å². The van der Waals surface area contributed by atoms with Gasteiger partial charge >= 0.3 is 7.60 Å². The lowest BCUT2D eigenvalue weighted by Gasteiger charge is -2.25. The number of rotatable bonds is 16. The highest BCUT2D eigenvalue weighted by Gasteiger charge is 2.28. The first-order valence-electron chi connectivity index (χ1n) is 11.7. The fraction of sp³-hybridized carbons (Fsp3) is 0.760. The molecule has 0 heterocycles. The summed E-state index contributed by atoms with van der Waals surface area (Å²) in [5.74, 6) is 0.336. The van der Waals surface area contributed by atoms with Gasteiger partial charge in [-0.15, -0.1) is 0 Å². The molecule has 0 aliphatic heterocycles. The summed E-state index contributed by atoms with van der Waals surface area (Å²) in [7, 11) is -3.27. The van der Waals surface area contributed by atoms with Crippen molar-refractivity contribution in [1.82, 2.24) is 0 Å². The van der Waals surface area contributed by atoms with Crippen LogP contribution in [0, 0.1) is 11.3 Å². The van der Waals surface area contributed by atoms with Crippen LogP contribution in [0.2, 0.25) is 0 Å². The molecule has 1 aromatic carbocycles. The SMILES string of the molecule is CCCCCCCCCCCOP(=O)(OCC(C)CC(C)(C)C)c1ccccc1. The van der Waals surface area contributed by atoms with E-state index < -0.39 is 7.60 Å². The maximum Gasteiger partial charge on any atom is 0.361 e. The van der Waals surface area contributed by atoms with E-state index in [-0.39, 0.29) is 5.41 Å². The Balaban J connectivity index is 2.41. The van der Waals surface area contributed by atoms with Crippen LogP contribution in [0.4, 0.5) is 0 Å². The molecule has 0 fully saturated rings. The summed E-state index contributed by atoms with van der Waals surface area (Å²) in [6.07, 6.45) is 12.3. The molecular formula is C25H45O3P. The molecule has 168 valence electrons. The summed E-state index contributed by atoms with van der Waals surface area (Å²) in [4.78, 5) is 0. The molecule has 0 saturated carbocycles. The van der Waals surface area contributed by atoms with Crippen LogP contribution in [-0.4, -0.2) is 13.2 Å². The molecule has 0 radical (unpaired) electrons. The first-order valence-corrected chi connectivity index (χ1v) is 13.3. The van der Waals surface area contributed by atoms with E-state index in [1.807, 2.05) is 30.3 Å². The van der Waals surface area contributed by atoms with E-state index in [0.717, 1.165) is 19.3 Å². The van der Waals surface area contributed by atoms with Crippen LogP contribution in [0.5, 0.6) is 0 Å². The third-order valence-corrected chi connectivity index (χ3v) is 7.01. The quantitative estimate of drug-likeness (QED) is 0.198. The molecule has 0 spiro atoms. The highest BCUT2D eigenvalue weighted by atomic mass is 31.2. The van der Waals surface area contributed by atoms with Crippen molar-refractivity contribution in [2.45, 2.75) is 98.8 Å². The number of benzene rings is 1. The molecule has 29 heavy (non-hydrogen) atoms. The molecule has 0 amide bonds. The predicted molar refractivity (Wildman–Crippen MR) is 126 cm³/mol. The summed E-state index contributed by atoms with van der Waals surface area (Å²) in [6, 6.07) is 9.42. The van der Waals surface area contributed by atoms with Crippen LogP contribution < -0.4 is 5.30 Å². The van der Waals surface area contributed by atoms with Gasteiger partial charge in [0.2, 0.25) is 0 Å². The van der Waals surface area contributed by atoms with Gasteiger partial charge in [-0.3, -0.25) is 4.57 Å². The number of hydrogen-bond acceptors (Lipinski definition) is 3. The van der Waals surface area contributed by atoms with Gasteiger partial charge in [0.25, 0.3) is 0 Å². The van der Waals surface area contributed by atoms with Gasteiger partial charge in [0.1, 0.15) is 0 Å². The normalized spacial score (nSPS) is 15.2. The maximum atomic E-state index is 13.5. The van der Waals surface area contributed by atoms with Gasteiger partial charge in [0, 0.05) is 0 Å². The van der Waals surface area contributed by atoms with Crippen molar-refractivity contribution < 1.29 is 13.6 Å². The lowest BCUT2D eigenvalue weighted by atomic mass is 9.86. The van der Waals surface area contributed by atoms with Gasteiger partial charge in [0.05, 0.1) is 18.5 Å². The summed E-state index contributed by atoms with van der Waals surface area (Å²) in [5, 5.41) is 0.666. The molecule has 0 saturated heterocycles. The molecule has 0 bridgehead atoms. The molecular weight excluding hydrogens is 379 g/mol. The molecule has 2 atom stereocenters. The lowest BCUT2D eigenvalue weighted by Crippen LogP contribution is -2.18. The van der Waals surface area contributed by atoms with E-state index in [4.69, 9.17) is 9.05 Å². The second kappa shape index (κ2) is 14.4. The third-order valence-electron chi connectivity index (χ3n) is 5.07. The zero-order valence-electron chi connectivity index (χ0n) is 19.6. The van der Waals surface area contributed by atoms with Crippen molar-refractivity contribution in [3.05, 3.63) is 30.3 Å². The highest BCUT2D eigenvalue weighted by Crippen LogP contribution is 2.48. The topological polar surface area (TPSA) is 35.5 Å². The summed E-state index contributed by atoms with van der Waals surface area (Å²) < 4.78 is 25.3. The Morgan fingerprint density at radius 1 is 0.862 bits per heavy atom. The minimum absolute atomic E-state index is 0.233. The van der Waals surface area contributed by atoms with Crippen molar-refractivity contribution >= 4 is 12.9 Å². The van der Waals surface area contributed by atoms with Gasteiger partial charge in [-0.25, -0.2) is 0 Å². The van der Waals surface area contributed by atoms with Gasteiger partial charge in [-0.05, 0) is 36.3 Å². The molecule has 1 rings (SSSR count). The largest absolute Gasteiger partial charge is 0.361 e. The second-order valence-electron chi connectivity index (χ2n) is 9.66. The molecule has 0 aliphatic rings. The number of hydrogen-bond donors (Lipinski definition) is 0. The van der Waals surface area contributed by atoms with E-state index in [1.165, 1.54) is 44.9 Å². The predicted octanol–water partition coefficient (Wildman–Crippen LogP) is 8.14. The van der Waals surface area contributed by atoms with E-state index >= 15 is 0 Å². The molecule has 1 aromatic rings. The van der Waals surface area contributed by atoms with E-state index in [1.54, 1.807) is 0 Å². The van der Waals surface area contributed by atoms with Gasteiger partial charge in [-0.1, -0.05) is 104 Å². The average molecular weight is 425 g/mol. The summed E-state index contributed by atoms with van der Waals surface area (Å²) in [6.45, 7) is 12.0. The van der Waals surface area contributed by atoms with Gasteiger partial charge in [0.15, 0.2) is 0 Å². The van der Waals surface area contributed by atoms with Crippen LogP contribution in [0.3, 0.4) is 0 Å². The van der Waals surface area contributed by atoms with Gasteiger partial charge < -0.3 is 9.05 Å². The smallest absolute Gasteiger partial charge is 0.305 e. The monoisotopic (exact) mass is 424 g/mol. The molecule has 4 heteroatoms.